The highest BCUT2D eigenvalue weighted by Gasteiger charge is 2.29. The Balaban J connectivity index is 2.24. The Kier molecular flexibility index (Phi) is 5.02. The maximum Gasteiger partial charge on any atom is 0.341 e. The molecule has 9 nitrogen and oxygen atoms in total. The Morgan fingerprint density at radius 1 is 1.39 bits per heavy atom. The van der Waals surface area contributed by atoms with Crippen molar-refractivity contribution in [3.63, 3.8) is 0 Å². The fraction of sp³-hybridized carbons (Fsp3) is 0.357. The molecule has 0 bridgehead atoms. The number of methoxy groups -OCH3 is 1. The molecule has 9 heteroatoms. The molecule has 1 aliphatic heterocycles. The van der Waals surface area contributed by atoms with Crippen molar-refractivity contribution in [2.24, 2.45) is 0 Å². The molecule has 0 aliphatic carbocycles. The maximum atomic E-state index is 11.8. The first-order valence-electron chi connectivity index (χ1n) is 6.83. The second kappa shape index (κ2) is 6.97. The van der Waals surface area contributed by atoms with Gasteiger partial charge >= 0.3 is 5.97 Å². The summed E-state index contributed by atoms with van der Waals surface area (Å²) in [4.78, 5) is 43.4. The largest absolute Gasteiger partial charge is 0.462 e. The van der Waals surface area contributed by atoms with Gasteiger partial charge in [0.05, 0.1) is 18.9 Å². The molecule has 0 aromatic carbocycles. The van der Waals surface area contributed by atoms with E-state index in [1.165, 1.54) is 26.3 Å². The number of aromatic nitrogens is 2. The molecule has 0 unspecified atom stereocenters. The third-order valence-electron chi connectivity index (χ3n) is 2.96. The molecule has 1 aliphatic rings. The molecule has 0 radical (unpaired) electrons. The highest BCUT2D eigenvalue weighted by atomic mass is 16.5. The fourth-order valence-corrected chi connectivity index (χ4v) is 1.89. The lowest BCUT2D eigenvalue weighted by atomic mass is 10.2. The standard InChI is InChI=1S/C14H16N4O5/c1-4-23-13(21)9-6-15-14(16-10(9)7-22-3)17-18-11(19)5-8(2)12(18)20/h5-6H,4,7H2,1-3H3,(H,15,16,17). The predicted molar refractivity (Wildman–Crippen MR) is 77.9 cm³/mol. The zero-order valence-electron chi connectivity index (χ0n) is 13.0. The smallest absolute Gasteiger partial charge is 0.341 e. The van der Waals surface area contributed by atoms with Gasteiger partial charge in [0.25, 0.3) is 11.8 Å². The summed E-state index contributed by atoms with van der Waals surface area (Å²) < 4.78 is 9.91. The molecule has 0 spiro atoms. The van der Waals surface area contributed by atoms with E-state index in [-0.39, 0.29) is 30.4 Å². The quantitative estimate of drug-likeness (QED) is 0.594. The van der Waals surface area contributed by atoms with Gasteiger partial charge in [-0.2, -0.15) is 5.01 Å². The Hall–Kier alpha value is -2.81. The summed E-state index contributed by atoms with van der Waals surface area (Å²) in [6.07, 6.45) is 2.46. The van der Waals surface area contributed by atoms with E-state index in [2.05, 4.69) is 15.4 Å². The molecule has 1 aromatic heterocycles. The van der Waals surface area contributed by atoms with Crippen LogP contribution in [0.4, 0.5) is 5.95 Å². The zero-order chi connectivity index (χ0) is 17.0. The molecular formula is C14H16N4O5. The van der Waals surface area contributed by atoms with Gasteiger partial charge in [-0.1, -0.05) is 0 Å². The van der Waals surface area contributed by atoms with Crippen molar-refractivity contribution in [3.8, 4) is 0 Å². The van der Waals surface area contributed by atoms with Gasteiger partial charge < -0.3 is 9.47 Å². The van der Waals surface area contributed by atoms with Crippen LogP contribution < -0.4 is 5.43 Å². The third kappa shape index (κ3) is 3.51. The summed E-state index contributed by atoms with van der Waals surface area (Å²) in [7, 11) is 1.45. The number of nitrogens with one attached hydrogen (secondary N) is 1. The molecule has 23 heavy (non-hydrogen) atoms. The molecule has 122 valence electrons. The topological polar surface area (TPSA) is 111 Å². The highest BCUT2D eigenvalue weighted by Crippen LogP contribution is 2.15. The molecule has 1 aromatic rings. The van der Waals surface area contributed by atoms with Crippen molar-refractivity contribution in [2.45, 2.75) is 20.5 Å². The van der Waals surface area contributed by atoms with Gasteiger partial charge in [0, 0.05) is 25.0 Å². The number of nitrogens with zero attached hydrogens (tertiary/aromatic N) is 3. The number of anilines is 1. The van der Waals surface area contributed by atoms with E-state index >= 15 is 0 Å². The van der Waals surface area contributed by atoms with Gasteiger partial charge in [-0.25, -0.2) is 14.8 Å². The first-order valence-corrected chi connectivity index (χ1v) is 6.83. The number of imide groups is 1. The Bertz CT molecular complexity index is 686. The van der Waals surface area contributed by atoms with Gasteiger partial charge in [-0.15, -0.1) is 0 Å². The number of hydrazine groups is 1. The average Bonchev–Trinajstić information content (AvgIpc) is 2.74. The second-order valence-electron chi connectivity index (χ2n) is 4.63. The number of carbonyl (C=O) groups is 3. The van der Waals surface area contributed by atoms with Crippen molar-refractivity contribution in [1.29, 1.82) is 0 Å². The van der Waals surface area contributed by atoms with Crippen LogP contribution in [0.2, 0.25) is 0 Å². The van der Waals surface area contributed by atoms with Crippen LogP contribution >= 0.6 is 0 Å². The predicted octanol–water partition coefficient (Wildman–Crippen LogP) is 0.442. The molecule has 0 saturated heterocycles. The molecule has 0 fully saturated rings. The molecule has 2 amide bonds. The fourth-order valence-electron chi connectivity index (χ4n) is 1.89. The lowest BCUT2D eigenvalue weighted by molar-refractivity contribution is -0.135. The maximum absolute atomic E-state index is 11.8. The van der Waals surface area contributed by atoms with Crippen LogP contribution in [0.3, 0.4) is 0 Å². The third-order valence-corrected chi connectivity index (χ3v) is 2.96. The second-order valence-corrected chi connectivity index (χ2v) is 4.63. The average molecular weight is 320 g/mol. The number of ether oxygens (including phenoxy) is 2. The van der Waals surface area contributed by atoms with Crippen molar-refractivity contribution < 1.29 is 23.9 Å². The lowest BCUT2D eigenvalue weighted by Crippen LogP contribution is -2.37. The molecule has 0 saturated carbocycles. The van der Waals surface area contributed by atoms with Gasteiger partial charge in [-0.3, -0.25) is 15.0 Å². The molecule has 2 heterocycles. The van der Waals surface area contributed by atoms with Crippen LogP contribution in [0.5, 0.6) is 0 Å². The molecule has 1 N–H and O–H groups in total. The lowest BCUT2D eigenvalue weighted by Gasteiger charge is -2.16. The van der Waals surface area contributed by atoms with Gasteiger partial charge in [0.1, 0.15) is 5.56 Å². The van der Waals surface area contributed by atoms with E-state index in [1.54, 1.807) is 6.92 Å². The summed E-state index contributed by atoms with van der Waals surface area (Å²) in [5.41, 5.74) is 3.27. The molecular weight excluding hydrogens is 304 g/mol. The zero-order valence-corrected chi connectivity index (χ0v) is 13.0. The number of rotatable bonds is 6. The van der Waals surface area contributed by atoms with Crippen molar-refractivity contribution in [1.82, 2.24) is 15.0 Å². The Labute approximate surface area is 132 Å². The van der Waals surface area contributed by atoms with Gasteiger partial charge in [0.15, 0.2) is 0 Å². The number of hydrogen-bond donors (Lipinski definition) is 1. The monoisotopic (exact) mass is 320 g/mol. The number of esters is 1. The minimum Gasteiger partial charge on any atom is -0.462 e. The van der Waals surface area contributed by atoms with Gasteiger partial charge in [-0.05, 0) is 13.8 Å². The van der Waals surface area contributed by atoms with E-state index in [1.807, 2.05) is 0 Å². The van der Waals surface area contributed by atoms with E-state index in [0.29, 0.717) is 5.57 Å². The van der Waals surface area contributed by atoms with Crippen LogP contribution in [-0.4, -0.2) is 46.5 Å². The van der Waals surface area contributed by atoms with Crippen LogP contribution in [0.1, 0.15) is 29.9 Å². The van der Waals surface area contributed by atoms with Crippen molar-refractivity contribution in [3.05, 3.63) is 29.1 Å². The van der Waals surface area contributed by atoms with Crippen molar-refractivity contribution >= 4 is 23.7 Å². The first-order chi connectivity index (χ1) is 11.0. The minimum atomic E-state index is -0.572. The first kappa shape index (κ1) is 16.6. The number of carbonyl (C=O) groups excluding carboxylic acids is 3. The summed E-state index contributed by atoms with van der Waals surface area (Å²) in [6.45, 7) is 3.48. The van der Waals surface area contributed by atoms with E-state index in [9.17, 15) is 14.4 Å². The number of amides is 2. The minimum absolute atomic E-state index is 0.00472. The van der Waals surface area contributed by atoms with Gasteiger partial charge in [0.2, 0.25) is 5.95 Å². The van der Waals surface area contributed by atoms with Crippen LogP contribution in [-0.2, 0) is 25.7 Å². The SMILES string of the molecule is CCOC(=O)c1cnc(NN2C(=O)C=C(C)C2=O)nc1COC. The Morgan fingerprint density at radius 2 is 2.13 bits per heavy atom. The molecule has 2 rings (SSSR count). The van der Waals surface area contributed by atoms with Crippen LogP contribution in [0.15, 0.2) is 17.8 Å². The van der Waals surface area contributed by atoms with E-state index < -0.39 is 17.8 Å². The van der Waals surface area contributed by atoms with E-state index in [0.717, 1.165) is 5.01 Å². The summed E-state index contributed by atoms with van der Waals surface area (Å²) in [6, 6.07) is 0. The van der Waals surface area contributed by atoms with Crippen LogP contribution in [0.25, 0.3) is 0 Å². The Morgan fingerprint density at radius 3 is 2.70 bits per heavy atom. The summed E-state index contributed by atoms with van der Waals surface area (Å²) >= 11 is 0. The normalized spacial score (nSPS) is 14.0. The summed E-state index contributed by atoms with van der Waals surface area (Å²) in [5.74, 6) is -1.58. The number of hydrogen-bond acceptors (Lipinski definition) is 8. The highest BCUT2D eigenvalue weighted by molar-refractivity contribution is 6.16. The van der Waals surface area contributed by atoms with Crippen LogP contribution in [0, 0.1) is 0 Å². The summed E-state index contributed by atoms with van der Waals surface area (Å²) in [5, 5.41) is 0.797. The van der Waals surface area contributed by atoms with Crippen molar-refractivity contribution in [2.75, 3.05) is 19.1 Å². The van der Waals surface area contributed by atoms with E-state index in [4.69, 9.17) is 9.47 Å². The molecule has 0 atom stereocenters.